The van der Waals surface area contributed by atoms with Crippen LogP contribution in [0.25, 0.3) is 0 Å². The Hall–Kier alpha value is -0.990. The van der Waals surface area contributed by atoms with E-state index in [2.05, 4.69) is 14.9 Å². The van der Waals surface area contributed by atoms with E-state index in [0.29, 0.717) is 5.54 Å². The van der Waals surface area contributed by atoms with Crippen LogP contribution in [-0.2, 0) is 0 Å². The molecule has 3 rings (SSSR count). The van der Waals surface area contributed by atoms with Crippen molar-refractivity contribution in [3.8, 4) is 0 Å². The van der Waals surface area contributed by atoms with Gasteiger partial charge in [-0.15, -0.1) is 0 Å². The van der Waals surface area contributed by atoms with E-state index in [9.17, 15) is 0 Å². The van der Waals surface area contributed by atoms with E-state index >= 15 is 0 Å². The molecule has 0 bridgehead atoms. The summed E-state index contributed by atoms with van der Waals surface area (Å²) in [4.78, 5) is 10.1. The molecule has 1 aliphatic heterocycles. The molecular weight excluding hydrogens is 174 g/mol. The fourth-order valence-electron chi connectivity index (χ4n) is 3.23. The van der Waals surface area contributed by atoms with Gasteiger partial charge in [0.2, 0.25) is 5.95 Å². The third kappa shape index (κ3) is 1.08. The van der Waals surface area contributed by atoms with Gasteiger partial charge in [0, 0.05) is 24.5 Å². The van der Waals surface area contributed by atoms with Crippen molar-refractivity contribution in [2.75, 3.05) is 11.4 Å². The fraction of sp³-hybridized carbons (Fsp3) is 0.727. The van der Waals surface area contributed by atoms with E-state index in [1.165, 1.54) is 45.1 Å². The summed E-state index contributed by atoms with van der Waals surface area (Å²) in [5.41, 5.74) is 0.470. The number of aromatic amines is 1. The summed E-state index contributed by atoms with van der Waals surface area (Å²) in [5.74, 6) is 1.09. The average Bonchev–Trinajstić information content (AvgIpc) is 2.91. The number of nitrogens with zero attached hydrogens (tertiary/aromatic N) is 2. The Bertz CT molecular complexity index is 293. The molecule has 1 saturated heterocycles. The van der Waals surface area contributed by atoms with Gasteiger partial charge in [0.25, 0.3) is 0 Å². The number of aromatic nitrogens is 2. The monoisotopic (exact) mass is 191 g/mol. The highest BCUT2D eigenvalue weighted by atomic mass is 15.3. The van der Waals surface area contributed by atoms with Crippen molar-refractivity contribution < 1.29 is 0 Å². The number of imidazole rings is 1. The van der Waals surface area contributed by atoms with Gasteiger partial charge in [0.15, 0.2) is 0 Å². The predicted octanol–water partition coefficient (Wildman–Crippen LogP) is 2.32. The van der Waals surface area contributed by atoms with E-state index in [4.69, 9.17) is 0 Å². The van der Waals surface area contributed by atoms with Crippen molar-refractivity contribution in [3.63, 3.8) is 0 Å². The number of rotatable bonds is 1. The Labute approximate surface area is 84.5 Å². The van der Waals surface area contributed by atoms with E-state index < -0.39 is 0 Å². The zero-order chi connectivity index (χ0) is 9.43. The maximum atomic E-state index is 4.39. The number of H-pyrrole nitrogens is 1. The highest BCUT2D eigenvalue weighted by Gasteiger charge is 2.43. The van der Waals surface area contributed by atoms with Crippen LogP contribution in [0.5, 0.6) is 0 Å². The molecular formula is C11H17N3. The molecule has 3 nitrogen and oxygen atoms in total. The van der Waals surface area contributed by atoms with Gasteiger partial charge in [-0.3, -0.25) is 0 Å². The largest absolute Gasteiger partial charge is 0.337 e. The van der Waals surface area contributed by atoms with Crippen molar-refractivity contribution in [2.24, 2.45) is 0 Å². The predicted molar refractivity (Wildman–Crippen MR) is 56.4 cm³/mol. The second-order valence-electron chi connectivity index (χ2n) is 4.60. The lowest BCUT2D eigenvalue weighted by Crippen LogP contribution is -2.42. The Balaban J connectivity index is 1.91. The first kappa shape index (κ1) is 8.33. The molecule has 0 atom stereocenters. The van der Waals surface area contributed by atoms with E-state index in [-0.39, 0.29) is 0 Å². The molecule has 1 N–H and O–H groups in total. The zero-order valence-electron chi connectivity index (χ0n) is 8.50. The molecule has 0 amide bonds. The SMILES string of the molecule is c1c[nH]c(N2CCCC23CCCC3)n1. The molecule has 2 fully saturated rings. The smallest absolute Gasteiger partial charge is 0.203 e. The summed E-state index contributed by atoms with van der Waals surface area (Å²) in [6.07, 6.45) is 12.0. The number of hydrogen-bond acceptors (Lipinski definition) is 2. The first-order valence-electron chi connectivity index (χ1n) is 5.68. The Morgan fingerprint density at radius 3 is 2.71 bits per heavy atom. The molecule has 2 aliphatic rings. The lowest BCUT2D eigenvalue weighted by molar-refractivity contribution is 0.434. The maximum absolute atomic E-state index is 4.39. The van der Waals surface area contributed by atoms with Crippen LogP contribution < -0.4 is 4.90 Å². The fourth-order valence-corrected chi connectivity index (χ4v) is 3.23. The quantitative estimate of drug-likeness (QED) is 0.738. The highest BCUT2D eigenvalue weighted by Crippen LogP contribution is 2.44. The summed E-state index contributed by atoms with van der Waals surface area (Å²) in [5, 5.41) is 0. The summed E-state index contributed by atoms with van der Waals surface area (Å²) < 4.78 is 0. The lowest BCUT2D eigenvalue weighted by atomic mass is 9.94. The van der Waals surface area contributed by atoms with E-state index in [1.54, 1.807) is 0 Å². The molecule has 0 unspecified atom stereocenters. The third-order valence-corrected chi connectivity index (χ3v) is 3.87. The van der Waals surface area contributed by atoms with Gasteiger partial charge in [-0.05, 0) is 25.7 Å². The lowest BCUT2D eigenvalue weighted by Gasteiger charge is -2.34. The molecule has 3 heteroatoms. The van der Waals surface area contributed by atoms with E-state index in [0.717, 1.165) is 5.95 Å². The van der Waals surface area contributed by atoms with Crippen LogP contribution in [0.15, 0.2) is 12.4 Å². The molecule has 1 saturated carbocycles. The second kappa shape index (κ2) is 3.01. The van der Waals surface area contributed by atoms with Crippen LogP contribution in [0.1, 0.15) is 38.5 Å². The van der Waals surface area contributed by atoms with Crippen LogP contribution in [-0.4, -0.2) is 22.1 Å². The topological polar surface area (TPSA) is 31.9 Å². The first-order chi connectivity index (χ1) is 6.91. The van der Waals surface area contributed by atoms with Crippen molar-refractivity contribution in [1.82, 2.24) is 9.97 Å². The Kier molecular flexibility index (Phi) is 1.79. The molecule has 1 aromatic rings. The number of anilines is 1. The van der Waals surface area contributed by atoms with Crippen molar-refractivity contribution >= 4 is 5.95 Å². The summed E-state index contributed by atoms with van der Waals surface area (Å²) in [6, 6.07) is 0. The standard InChI is InChI=1S/C11H17N3/c1-2-5-11(4-1)6-3-9-14(11)10-12-7-8-13-10/h7-8H,1-6,9H2,(H,12,13). The van der Waals surface area contributed by atoms with Crippen molar-refractivity contribution in [2.45, 2.75) is 44.1 Å². The van der Waals surface area contributed by atoms with Gasteiger partial charge in [0.1, 0.15) is 0 Å². The molecule has 14 heavy (non-hydrogen) atoms. The third-order valence-electron chi connectivity index (χ3n) is 3.87. The first-order valence-corrected chi connectivity index (χ1v) is 5.68. The Morgan fingerprint density at radius 1 is 1.21 bits per heavy atom. The van der Waals surface area contributed by atoms with E-state index in [1.807, 2.05) is 12.4 Å². The van der Waals surface area contributed by atoms with Gasteiger partial charge in [-0.2, -0.15) is 0 Å². The Morgan fingerprint density at radius 2 is 2.00 bits per heavy atom. The molecule has 1 aromatic heterocycles. The van der Waals surface area contributed by atoms with Gasteiger partial charge in [-0.25, -0.2) is 4.98 Å². The molecule has 1 aliphatic carbocycles. The van der Waals surface area contributed by atoms with Crippen molar-refractivity contribution in [1.29, 1.82) is 0 Å². The van der Waals surface area contributed by atoms with Crippen LogP contribution in [0, 0.1) is 0 Å². The zero-order valence-corrected chi connectivity index (χ0v) is 8.50. The summed E-state index contributed by atoms with van der Waals surface area (Å²) in [6.45, 7) is 1.19. The van der Waals surface area contributed by atoms with Crippen LogP contribution in [0.3, 0.4) is 0 Å². The molecule has 76 valence electrons. The molecule has 1 spiro atoms. The van der Waals surface area contributed by atoms with Gasteiger partial charge in [-0.1, -0.05) is 12.8 Å². The summed E-state index contributed by atoms with van der Waals surface area (Å²) in [7, 11) is 0. The van der Waals surface area contributed by atoms with Crippen molar-refractivity contribution in [3.05, 3.63) is 12.4 Å². The minimum Gasteiger partial charge on any atom is -0.337 e. The van der Waals surface area contributed by atoms with Crippen LogP contribution in [0.4, 0.5) is 5.95 Å². The van der Waals surface area contributed by atoms with Gasteiger partial charge in [0.05, 0.1) is 0 Å². The average molecular weight is 191 g/mol. The minimum absolute atomic E-state index is 0.470. The summed E-state index contributed by atoms with van der Waals surface area (Å²) >= 11 is 0. The maximum Gasteiger partial charge on any atom is 0.203 e. The highest BCUT2D eigenvalue weighted by molar-refractivity contribution is 5.37. The van der Waals surface area contributed by atoms with Gasteiger partial charge >= 0.3 is 0 Å². The molecule has 0 aromatic carbocycles. The number of hydrogen-bond donors (Lipinski definition) is 1. The molecule has 0 radical (unpaired) electrons. The second-order valence-corrected chi connectivity index (χ2v) is 4.60. The minimum atomic E-state index is 0.470. The van der Waals surface area contributed by atoms with Crippen LogP contribution >= 0.6 is 0 Å². The number of nitrogens with one attached hydrogen (secondary N) is 1. The normalized spacial score (nSPS) is 25.0. The van der Waals surface area contributed by atoms with Gasteiger partial charge < -0.3 is 9.88 Å². The molecule has 2 heterocycles. The van der Waals surface area contributed by atoms with Crippen LogP contribution in [0.2, 0.25) is 0 Å².